The van der Waals surface area contributed by atoms with Gasteiger partial charge in [0.2, 0.25) is 0 Å². The van der Waals surface area contributed by atoms with Gasteiger partial charge in [0.05, 0.1) is 0 Å². The van der Waals surface area contributed by atoms with E-state index in [1.54, 1.807) is 0 Å². The fraction of sp³-hybridized carbons (Fsp3) is 0.875. The molecule has 0 amide bonds. The van der Waals surface area contributed by atoms with Crippen LogP contribution in [0, 0.1) is 12.3 Å². The normalized spacial score (nSPS) is 20.6. The van der Waals surface area contributed by atoms with Gasteiger partial charge in [0, 0.05) is 0 Å². The Bertz CT molecular complexity index is 53.1. The quantitative estimate of drug-likeness (QED) is 0.525. The first-order valence-corrected chi connectivity index (χ1v) is 3.77. The smallest absolute Gasteiger partial charge is 0.0355 e. The van der Waals surface area contributed by atoms with Crippen molar-refractivity contribution in [2.24, 2.45) is 5.92 Å². The van der Waals surface area contributed by atoms with Crippen LogP contribution >= 0.6 is 0 Å². The Morgan fingerprint density at radius 2 is 2.38 bits per heavy atom. The van der Waals surface area contributed by atoms with Crippen LogP contribution in [0.25, 0.3) is 0 Å². The summed E-state index contributed by atoms with van der Waals surface area (Å²) in [4.78, 5) is 0. The molecule has 0 heterocycles. The zero-order chi connectivity index (χ0) is 5.82. The van der Waals surface area contributed by atoms with Crippen molar-refractivity contribution in [3.63, 3.8) is 0 Å². The van der Waals surface area contributed by atoms with Crippen LogP contribution in [0.4, 0.5) is 0 Å². The summed E-state index contributed by atoms with van der Waals surface area (Å²) >= 11 is 0. The van der Waals surface area contributed by atoms with Crippen LogP contribution < -0.4 is 0 Å². The van der Waals surface area contributed by atoms with E-state index in [2.05, 4.69) is 13.3 Å². The SMILES string of the molecule is CCCCC1[CH]CC1. The lowest BCUT2D eigenvalue weighted by Crippen LogP contribution is -2.11. The summed E-state index contributed by atoms with van der Waals surface area (Å²) in [6, 6.07) is 0. The number of rotatable bonds is 3. The first-order chi connectivity index (χ1) is 3.93. The molecule has 1 radical (unpaired) electrons. The lowest BCUT2D eigenvalue weighted by molar-refractivity contribution is 0.392. The Hall–Kier alpha value is 0. The Balaban J connectivity index is 1.86. The van der Waals surface area contributed by atoms with Crippen LogP contribution in [0.2, 0.25) is 0 Å². The second kappa shape index (κ2) is 3.11. The van der Waals surface area contributed by atoms with Crippen molar-refractivity contribution in [3.05, 3.63) is 6.42 Å². The number of unbranched alkanes of at least 4 members (excludes halogenated alkanes) is 1. The van der Waals surface area contributed by atoms with Crippen molar-refractivity contribution in [3.8, 4) is 0 Å². The summed E-state index contributed by atoms with van der Waals surface area (Å²) in [6.07, 6.45) is 9.56. The molecule has 0 bridgehead atoms. The van der Waals surface area contributed by atoms with Crippen molar-refractivity contribution >= 4 is 0 Å². The van der Waals surface area contributed by atoms with Crippen molar-refractivity contribution < 1.29 is 0 Å². The minimum atomic E-state index is 1.01. The molecule has 0 aromatic carbocycles. The molecule has 0 saturated heterocycles. The van der Waals surface area contributed by atoms with Crippen molar-refractivity contribution in [2.75, 3.05) is 0 Å². The highest BCUT2D eigenvalue weighted by atomic mass is 14.2. The largest absolute Gasteiger partial charge is 0.0654 e. The monoisotopic (exact) mass is 111 g/mol. The predicted octanol–water partition coefficient (Wildman–Crippen LogP) is 2.79. The Morgan fingerprint density at radius 1 is 1.62 bits per heavy atom. The van der Waals surface area contributed by atoms with Crippen molar-refractivity contribution in [2.45, 2.75) is 39.0 Å². The fourth-order valence-electron chi connectivity index (χ4n) is 1.13. The summed E-state index contributed by atoms with van der Waals surface area (Å²) in [5.74, 6) is 1.01. The average molecular weight is 111 g/mol. The molecule has 1 aliphatic carbocycles. The lowest BCUT2D eigenvalue weighted by Gasteiger charge is -2.24. The van der Waals surface area contributed by atoms with E-state index in [0.29, 0.717) is 0 Å². The van der Waals surface area contributed by atoms with E-state index in [4.69, 9.17) is 0 Å². The molecule has 1 aliphatic rings. The second-order valence-corrected chi connectivity index (χ2v) is 2.72. The van der Waals surface area contributed by atoms with Gasteiger partial charge in [0.25, 0.3) is 0 Å². The highest BCUT2D eigenvalue weighted by Gasteiger charge is 2.15. The Labute approximate surface area is 52.3 Å². The van der Waals surface area contributed by atoms with E-state index >= 15 is 0 Å². The third kappa shape index (κ3) is 1.50. The number of hydrogen-bond donors (Lipinski definition) is 0. The summed E-state index contributed by atoms with van der Waals surface area (Å²) in [5, 5.41) is 0. The molecular formula is C8H15. The average Bonchev–Trinajstić information content (AvgIpc) is 1.63. The topological polar surface area (TPSA) is 0 Å². The zero-order valence-electron chi connectivity index (χ0n) is 5.69. The molecule has 1 rings (SSSR count). The molecule has 47 valence electrons. The summed E-state index contributed by atoms with van der Waals surface area (Å²) in [7, 11) is 0. The van der Waals surface area contributed by atoms with Gasteiger partial charge in [-0.05, 0) is 25.2 Å². The molecule has 1 atom stereocenters. The van der Waals surface area contributed by atoms with Crippen molar-refractivity contribution in [1.82, 2.24) is 0 Å². The summed E-state index contributed by atoms with van der Waals surface area (Å²) in [6.45, 7) is 2.26. The van der Waals surface area contributed by atoms with E-state index in [1.807, 2.05) is 0 Å². The molecule has 0 N–H and O–H groups in total. The predicted molar refractivity (Wildman–Crippen MR) is 36.5 cm³/mol. The molecule has 1 fully saturated rings. The maximum atomic E-state index is 2.45. The third-order valence-electron chi connectivity index (χ3n) is 1.97. The van der Waals surface area contributed by atoms with E-state index in [9.17, 15) is 0 Å². The van der Waals surface area contributed by atoms with Gasteiger partial charge >= 0.3 is 0 Å². The standard InChI is InChI=1S/C8H15/c1-2-3-5-8-6-4-7-8/h6,8H,2-5,7H2,1H3. The molecule has 1 unspecified atom stereocenters. The van der Waals surface area contributed by atoms with Gasteiger partial charge < -0.3 is 0 Å². The van der Waals surface area contributed by atoms with Gasteiger partial charge in [-0.15, -0.1) is 0 Å². The molecule has 0 aromatic heterocycles. The summed E-state index contributed by atoms with van der Waals surface area (Å²) in [5.41, 5.74) is 0. The van der Waals surface area contributed by atoms with Crippen molar-refractivity contribution in [1.29, 1.82) is 0 Å². The molecule has 0 heteroatoms. The van der Waals surface area contributed by atoms with Crippen LogP contribution in [-0.4, -0.2) is 0 Å². The minimum absolute atomic E-state index is 1.01. The maximum absolute atomic E-state index is 2.45. The van der Waals surface area contributed by atoms with Gasteiger partial charge in [-0.1, -0.05) is 26.2 Å². The van der Waals surface area contributed by atoms with Crippen LogP contribution in [0.1, 0.15) is 39.0 Å². The van der Waals surface area contributed by atoms with E-state index < -0.39 is 0 Å². The number of hydrogen-bond acceptors (Lipinski definition) is 0. The molecule has 0 aromatic rings. The van der Waals surface area contributed by atoms with Gasteiger partial charge in [0.15, 0.2) is 0 Å². The van der Waals surface area contributed by atoms with Crippen LogP contribution in [-0.2, 0) is 0 Å². The molecule has 1 saturated carbocycles. The first kappa shape index (κ1) is 6.12. The maximum Gasteiger partial charge on any atom is -0.0355 e. The molecule has 0 spiro atoms. The molecule has 0 aliphatic heterocycles. The van der Waals surface area contributed by atoms with Crippen LogP contribution in [0.15, 0.2) is 0 Å². The van der Waals surface area contributed by atoms with Gasteiger partial charge in [-0.25, -0.2) is 0 Å². The zero-order valence-corrected chi connectivity index (χ0v) is 5.69. The first-order valence-electron chi connectivity index (χ1n) is 3.77. The fourth-order valence-corrected chi connectivity index (χ4v) is 1.13. The van der Waals surface area contributed by atoms with Gasteiger partial charge in [0.1, 0.15) is 0 Å². The van der Waals surface area contributed by atoms with Gasteiger partial charge in [-0.2, -0.15) is 0 Å². The van der Waals surface area contributed by atoms with E-state index in [-0.39, 0.29) is 0 Å². The highest BCUT2D eigenvalue weighted by molar-refractivity contribution is 4.86. The van der Waals surface area contributed by atoms with Crippen LogP contribution in [0.3, 0.4) is 0 Å². The molecule has 8 heavy (non-hydrogen) atoms. The molecular weight excluding hydrogens is 96.1 g/mol. The Kier molecular flexibility index (Phi) is 2.38. The molecule has 0 nitrogen and oxygen atoms in total. The highest BCUT2D eigenvalue weighted by Crippen LogP contribution is 2.29. The van der Waals surface area contributed by atoms with E-state index in [0.717, 1.165) is 5.92 Å². The minimum Gasteiger partial charge on any atom is -0.0654 e. The lowest BCUT2D eigenvalue weighted by atomic mass is 9.82. The Morgan fingerprint density at radius 3 is 2.75 bits per heavy atom. The second-order valence-electron chi connectivity index (χ2n) is 2.72. The van der Waals surface area contributed by atoms with Crippen LogP contribution in [0.5, 0.6) is 0 Å². The van der Waals surface area contributed by atoms with Gasteiger partial charge in [-0.3, -0.25) is 0 Å². The summed E-state index contributed by atoms with van der Waals surface area (Å²) < 4.78 is 0. The third-order valence-corrected chi connectivity index (χ3v) is 1.97. The van der Waals surface area contributed by atoms with E-state index in [1.165, 1.54) is 32.1 Å².